The van der Waals surface area contributed by atoms with Crippen LogP contribution in [0.5, 0.6) is 0 Å². The Hall–Kier alpha value is -1.88. The average Bonchev–Trinajstić information content (AvgIpc) is 2.92. The van der Waals surface area contributed by atoms with Crippen molar-refractivity contribution in [2.24, 2.45) is 0 Å². The molecule has 2 heterocycles. The molecule has 2 aliphatic rings. The minimum atomic E-state index is -0.151. The van der Waals surface area contributed by atoms with Gasteiger partial charge in [0.2, 0.25) is 11.8 Å². The van der Waals surface area contributed by atoms with Gasteiger partial charge >= 0.3 is 0 Å². The summed E-state index contributed by atoms with van der Waals surface area (Å²) in [5, 5.41) is 3.54. The monoisotopic (exact) mass is 287 g/mol. The maximum atomic E-state index is 11.8. The molecule has 1 atom stereocenters. The Morgan fingerprint density at radius 2 is 1.90 bits per heavy atom. The van der Waals surface area contributed by atoms with Crippen molar-refractivity contribution in [1.29, 1.82) is 0 Å². The van der Waals surface area contributed by atoms with E-state index in [1.807, 2.05) is 17.0 Å². The molecule has 2 aliphatic heterocycles. The molecule has 3 rings (SSSR count). The van der Waals surface area contributed by atoms with Gasteiger partial charge in [0, 0.05) is 18.3 Å². The molecule has 2 saturated heterocycles. The van der Waals surface area contributed by atoms with E-state index in [-0.39, 0.29) is 30.4 Å². The van der Waals surface area contributed by atoms with Gasteiger partial charge in [-0.2, -0.15) is 0 Å². The van der Waals surface area contributed by atoms with Gasteiger partial charge in [-0.05, 0) is 44.0 Å². The summed E-state index contributed by atoms with van der Waals surface area (Å²) in [6.07, 6.45) is 2.28. The number of imide groups is 1. The standard InChI is InChI=1S/C16H21N3O2/c1-16(7-4-8-17-16)12-5-3-6-13(9-12)19-10-14(20)18(2)15(21)11-19/h3,5-6,9,17H,4,7-8,10-11H2,1-2H3. The van der Waals surface area contributed by atoms with E-state index in [1.165, 1.54) is 16.9 Å². The van der Waals surface area contributed by atoms with Gasteiger partial charge in [0.05, 0.1) is 13.1 Å². The molecular weight excluding hydrogens is 266 g/mol. The molecular formula is C16H21N3O2. The van der Waals surface area contributed by atoms with Crippen molar-refractivity contribution in [1.82, 2.24) is 10.2 Å². The van der Waals surface area contributed by atoms with E-state index in [4.69, 9.17) is 0 Å². The summed E-state index contributed by atoms with van der Waals surface area (Å²) >= 11 is 0. The molecule has 0 radical (unpaired) electrons. The number of nitrogens with zero attached hydrogens (tertiary/aromatic N) is 2. The summed E-state index contributed by atoms with van der Waals surface area (Å²) in [7, 11) is 1.54. The van der Waals surface area contributed by atoms with Gasteiger partial charge in [0.1, 0.15) is 0 Å². The first-order valence-corrected chi connectivity index (χ1v) is 7.39. The fourth-order valence-corrected chi connectivity index (χ4v) is 3.10. The average molecular weight is 287 g/mol. The fraction of sp³-hybridized carbons (Fsp3) is 0.500. The van der Waals surface area contributed by atoms with Crippen LogP contribution in [0, 0.1) is 0 Å². The predicted molar refractivity (Wildman–Crippen MR) is 81.0 cm³/mol. The topological polar surface area (TPSA) is 52.7 Å². The second kappa shape index (κ2) is 5.15. The number of nitrogens with one attached hydrogen (secondary N) is 1. The minimum absolute atomic E-state index is 0.00337. The number of carbonyl (C=O) groups is 2. The number of benzene rings is 1. The van der Waals surface area contributed by atoms with Crippen molar-refractivity contribution in [3.05, 3.63) is 29.8 Å². The largest absolute Gasteiger partial charge is 0.353 e. The van der Waals surface area contributed by atoms with Crippen molar-refractivity contribution in [3.8, 4) is 0 Å². The first-order chi connectivity index (χ1) is 9.99. The van der Waals surface area contributed by atoms with Crippen LogP contribution in [-0.2, 0) is 15.1 Å². The number of hydrogen-bond acceptors (Lipinski definition) is 4. The number of hydrogen-bond donors (Lipinski definition) is 1. The summed E-state index contributed by atoms with van der Waals surface area (Å²) in [4.78, 5) is 26.7. The third kappa shape index (κ3) is 2.53. The molecule has 21 heavy (non-hydrogen) atoms. The third-order valence-electron chi connectivity index (χ3n) is 4.62. The lowest BCUT2D eigenvalue weighted by molar-refractivity contribution is -0.143. The third-order valence-corrected chi connectivity index (χ3v) is 4.62. The molecule has 5 nitrogen and oxygen atoms in total. The smallest absolute Gasteiger partial charge is 0.248 e. The van der Waals surface area contributed by atoms with E-state index in [9.17, 15) is 9.59 Å². The van der Waals surface area contributed by atoms with Crippen LogP contribution in [0.4, 0.5) is 5.69 Å². The predicted octanol–water partition coefficient (Wildman–Crippen LogP) is 1.09. The normalized spacial score (nSPS) is 26.6. The molecule has 0 saturated carbocycles. The van der Waals surface area contributed by atoms with Gasteiger partial charge in [-0.3, -0.25) is 14.5 Å². The van der Waals surface area contributed by atoms with Crippen LogP contribution in [0.3, 0.4) is 0 Å². The molecule has 1 unspecified atom stereocenters. The zero-order valence-electron chi connectivity index (χ0n) is 12.6. The summed E-state index contributed by atoms with van der Waals surface area (Å²) < 4.78 is 0. The zero-order valence-corrected chi connectivity index (χ0v) is 12.6. The maximum Gasteiger partial charge on any atom is 0.248 e. The lowest BCUT2D eigenvalue weighted by atomic mass is 9.90. The molecule has 0 aliphatic carbocycles. The van der Waals surface area contributed by atoms with Crippen molar-refractivity contribution >= 4 is 17.5 Å². The molecule has 0 spiro atoms. The van der Waals surface area contributed by atoms with Crippen LogP contribution in [0.25, 0.3) is 0 Å². The van der Waals surface area contributed by atoms with E-state index >= 15 is 0 Å². The summed E-state index contributed by atoms with van der Waals surface area (Å²) in [5.74, 6) is -0.302. The van der Waals surface area contributed by atoms with Crippen molar-refractivity contribution in [2.45, 2.75) is 25.3 Å². The summed E-state index contributed by atoms with van der Waals surface area (Å²) in [6.45, 7) is 3.76. The SMILES string of the molecule is CN1C(=O)CN(c2cccc(C3(C)CCCN3)c2)CC1=O. The highest BCUT2D eigenvalue weighted by atomic mass is 16.2. The van der Waals surface area contributed by atoms with E-state index in [0.717, 1.165) is 18.7 Å². The van der Waals surface area contributed by atoms with Crippen LogP contribution in [-0.4, -0.2) is 43.4 Å². The van der Waals surface area contributed by atoms with Gasteiger partial charge in [-0.15, -0.1) is 0 Å². The Labute approximate surface area is 124 Å². The van der Waals surface area contributed by atoms with Gasteiger partial charge in [0.25, 0.3) is 0 Å². The van der Waals surface area contributed by atoms with Gasteiger partial charge < -0.3 is 10.2 Å². The van der Waals surface area contributed by atoms with Crippen LogP contribution in [0.2, 0.25) is 0 Å². The van der Waals surface area contributed by atoms with Crippen LogP contribution < -0.4 is 10.2 Å². The molecule has 1 aromatic rings. The molecule has 2 amide bonds. The number of rotatable bonds is 2. The van der Waals surface area contributed by atoms with Gasteiger partial charge in [-0.25, -0.2) is 0 Å². The quantitative estimate of drug-likeness (QED) is 0.827. The van der Waals surface area contributed by atoms with Crippen molar-refractivity contribution in [3.63, 3.8) is 0 Å². The molecule has 1 aromatic carbocycles. The van der Waals surface area contributed by atoms with Crippen molar-refractivity contribution in [2.75, 3.05) is 31.6 Å². The van der Waals surface area contributed by atoms with Crippen molar-refractivity contribution < 1.29 is 9.59 Å². The molecule has 0 aromatic heterocycles. The van der Waals surface area contributed by atoms with Gasteiger partial charge in [0.15, 0.2) is 0 Å². The first-order valence-electron chi connectivity index (χ1n) is 7.39. The number of likely N-dealkylation sites (N-methyl/N-ethyl adjacent to an activating group) is 1. The Morgan fingerprint density at radius 3 is 2.52 bits per heavy atom. The lowest BCUT2D eigenvalue weighted by Gasteiger charge is -2.33. The van der Waals surface area contributed by atoms with E-state index < -0.39 is 0 Å². The van der Waals surface area contributed by atoms with E-state index in [1.54, 1.807) is 7.05 Å². The highest BCUT2D eigenvalue weighted by molar-refractivity contribution is 6.02. The Morgan fingerprint density at radius 1 is 1.19 bits per heavy atom. The number of amides is 2. The van der Waals surface area contributed by atoms with E-state index in [2.05, 4.69) is 24.4 Å². The summed E-state index contributed by atoms with van der Waals surface area (Å²) in [6, 6.07) is 8.18. The zero-order chi connectivity index (χ0) is 15.0. The first kappa shape index (κ1) is 14.1. The fourth-order valence-electron chi connectivity index (χ4n) is 3.10. The highest BCUT2D eigenvalue weighted by Crippen LogP contribution is 2.32. The number of piperazine rings is 1. The molecule has 112 valence electrons. The molecule has 5 heteroatoms. The van der Waals surface area contributed by atoms with Crippen LogP contribution in [0.1, 0.15) is 25.3 Å². The van der Waals surface area contributed by atoms with Crippen LogP contribution >= 0.6 is 0 Å². The minimum Gasteiger partial charge on any atom is -0.353 e. The Bertz CT molecular complexity index is 561. The Kier molecular flexibility index (Phi) is 3.45. The lowest BCUT2D eigenvalue weighted by Crippen LogP contribution is -2.52. The van der Waals surface area contributed by atoms with Crippen LogP contribution in [0.15, 0.2) is 24.3 Å². The van der Waals surface area contributed by atoms with E-state index in [0.29, 0.717) is 0 Å². The Balaban J connectivity index is 1.86. The molecule has 0 bridgehead atoms. The summed E-state index contributed by atoms with van der Waals surface area (Å²) in [5.41, 5.74) is 2.16. The highest BCUT2D eigenvalue weighted by Gasteiger charge is 2.32. The molecule has 1 N–H and O–H groups in total. The maximum absolute atomic E-state index is 11.8. The number of carbonyl (C=O) groups excluding carboxylic acids is 2. The second-order valence-electron chi connectivity index (χ2n) is 6.12. The number of anilines is 1. The second-order valence-corrected chi connectivity index (χ2v) is 6.12. The molecule has 2 fully saturated rings. The van der Waals surface area contributed by atoms with Gasteiger partial charge in [-0.1, -0.05) is 12.1 Å².